The van der Waals surface area contributed by atoms with Crippen molar-refractivity contribution in [3.8, 4) is 22.8 Å². The van der Waals surface area contributed by atoms with Crippen LogP contribution >= 0.6 is 11.3 Å². The molecular weight excluding hydrogens is 364 g/mol. The third-order valence-electron chi connectivity index (χ3n) is 3.69. The highest BCUT2D eigenvalue weighted by molar-refractivity contribution is 7.90. The molecule has 0 saturated carbocycles. The Kier molecular flexibility index (Phi) is 4.72. The Morgan fingerprint density at radius 2 is 1.76 bits per heavy atom. The van der Waals surface area contributed by atoms with Crippen LogP contribution in [0.3, 0.4) is 0 Å². The van der Waals surface area contributed by atoms with Crippen LogP contribution in [0.1, 0.15) is 5.56 Å². The highest BCUT2D eigenvalue weighted by Gasteiger charge is 2.21. The van der Waals surface area contributed by atoms with Crippen LogP contribution in [0.25, 0.3) is 16.1 Å². The van der Waals surface area contributed by atoms with E-state index in [0.717, 1.165) is 16.6 Å². The minimum Gasteiger partial charge on any atom is -0.496 e. The molecule has 0 aliphatic heterocycles. The first-order valence-electron chi connectivity index (χ1n) is 7.30. The van der Waals surface area contributed by atoms with Crippen LogP contribution in [0.2, 0.25) is 0 Å². The van der Waals surface area contributed by atoms with Gasteiger partial charge in [0.1, 0.15) is 16.3 Å². The molecule has 0 radical (unpaired) electrons. The number of fused-ring (bicyclic) bond motifs is 1. The zero-order valence-electron chi connectivity index (χ0n) is 14.3. The monoisotopic (exact) mass is 382 g/mol. The molecule has 1 aromatic carbocycles. The highest BCUT2D eigenvalue weighted by atomic mass is 32.2. The summed E-state index contributed by atoms with van der Waals surface area (Å²) >= 11 is 1.40. The van der Waals surface area contributed by atoms with Gasteiger partial charge in [-0.2, -0.15) is 5.10 Å². The molecule has 2 heterocycles. The molecule has 0 fully saturated rings. The van der Waals surface area contributed by atoms with Crippen LogP contribution < -0.4 is 9.47 Å². The first-order valence-corrected chi connectivity index (χ1v) is 10.1. The Morgan fingerprint density at radius 1 is 1.12 bits per heavy atom. The quantitative estimate of drug-likeness (QED) is 0.652. The lowest BCUT2D eigenvalue weighted by molar-refractivity contribution is 0.184. The standard InChI is InChI=1S/C16H18N2O5S2/c1-21-8-10-5-12(22-2)16(13(6-10)23-3)11-9-24-15-7-14(17-18(11)15)25(4,19)20/h5-7,9H,8H2,1-4H3. The SMILES string of the molecule is COCc1cc(OC)c(-c2csc3cc(S(C)(=O)=O)nn23)c(OC)c1. The Morgan fingerprint density at radius 3 is 2.28 bits per heavy atom. The first kappa shape index (κ1) is 17.7. The molecule has 7 nitrogen and oxygen atoms in total. The van der Waals surface area contributed by atoms with E-state index in [-0.39, 0.29) is 5.03 Å². The number of benzene rings is 1. The van der Waals surface area contributed by atoms with Crippen LogP contribution in [0, 0.1) is 0 Å². The molecule has 3 aromatic rings. The van der Waals surface area contributed by atoms with Gasteiger partial charge in [-0.15, -0.1) is 11.3 Å². The van der Waals surface area contributed by atoms with E-state index in [4.69, 9.17) is 14.2 Å². The van der Waals surface area contributed by atoms with E-state index < -0.39 is 9.84 Å². The molecule has 0 atom stereocenters. The van der Waals surface area contributed by atoms with Crippen molar-refractivity contribution < 1.29 is 22.6 Å². The topological polar surface area (TPSA) is 79.1 Å². The van der Waals surface area contributed by atoms with Gasteiger partial charge in [0.2, 0.25) is 0 Å². The van der Waals surface area contributed by atoms with E-state index in [0.29, 0.717) is 29.4 Å². The van der Waals surface area contributed by atoms with E-state index in [2.05, 4.69) is 5.10 Å². The van der Waals surface area contributed by atoms with E-state index in [9.17, 15) is 8.42 Å². The normalized spacial score (nSPS) is 11.8. The molecule has 3 rings (SSSR count). The highest BCUT2D eigenvalue weighted by Crippen LogP contribution is 2.41. The zero-order chi connectivity index (χ0) is 18.2. The molecule has 0 N–H and O–H groups in total. The summed E-state index contributed by atoms with van der Waals surface area (Å²) in [7, 11) is 1.38. The molecule has 2 aromatic heterocycles. The van der Waals surface area contributed by atoms with Crippen LogP contribution in [0.5, 0.6) is 11.5 Å². The number of sulfone groups is 1. The lowest BCUT2D eigenvalue weighted by Crippen LogP contribution is -2.01. The predicted molar refractivity (Wildman–Crippen MR) is 95.4 cm³/mol. The molecule has 0 unspecified atom stereocenters. The summed E-state index contributed by atoms with van der Waals surface area (Å²) in [5.41, 5.74) is 2.32. The van der Waals surface area contributed by atoms with Gasteiger partial charge in [0.15, 0.2) is 14.9 Å². The van der Waals surface area contributed by atoms with Crippen molar-refractivity contribution in [3.05, 3.63) is 29.1 Å². The fraction of sp³-hybridized carbons (Fsp3) is 0.312. The summed E-state index contributed by atoms with van der Waals surface area (Å²) in [6, 6.07) is 5.29. The maximum Gasteiger partial charge on any atom is 0.194 e. The van der Waals surface area contributed by atoms with Crippen LogP contribution in [-0.4, -0.2) is 45.6 Å². The minimum atomic E-state index is -3.38. The van der Waals surface area contributed by atoms with Crippen LogP contribution in [-0.2, 0) is 21.2 Å². The summed E-state index contributed by atoms with van der Waals surface area (Å²) < 4.78 is 41.4. The second-order valence-corrected chi connectivity index (χ2v) is 8.29. The molecule has 0 amide bonds. The molecular formula is C16H18N2O5S2. The van der Waals surface area contributed by atoms with Crippen molar-refractivity contribution in [2.45, 2.75) is 11.6 Å². The van der Waals surface area contributed by atoms with Crippen molar-refractivity contribution in [1.29, 1.82) is 0 Å². The second kappa shape index (κ2) is 6.66. The summed E-state index contributed by atoms with van der Waals surface area (Å²) in [6.07, 6.45) is 1.14. The number of methoxy groups -OCH3 is 3. The van der Waals surface area contributed by atoms with Crippen molar-refractivity contribution >= 4 is 26.0 Å². The third kappa shape index (κ3) is 3.22. The van der Waals surface area contributed by atoms with Gasteiger partial charge in [-0.1, -0.05) is 0 Å². The van der Waals surface area contributed by atoms with Gasteiger partial charge in [0, 0.05) is 24.8 Å². The van der Waals surface area contributed by atoms with Crippen molar-refractivity contribution in [1.82, 2.24) is 9.61 Å². The fourth-order valence-corrected chi connectivity index (χ4v) is 4.08. The average Bonchev–Trinajstić information content (AvgIpc) is 3.14. The average molecular weight is 382 g/mol. The first-order chi connectivity index (χ1) is 11.9. The molecule has 25 heavy (non-hydrogen) atoms. The molecule has 0 aliphatic rings. The third-order valence-corrected chi connectivity index (χ3v) is 5.52. The molecule has 0 aliphatic carbocycles. The Bertz CT molecular complexity index is 995. The maximum atomic E-state index is 11.8. The summed E-state index contributed by atoms with van der Waals surface area (Å²) in [4.78, 5) is 0.723. The maximum absolute atomic E-state index is 11.8. The van der Waals surface area contributed by atoms with Crippen LogP contribution in [0.15, 0.2) is 28.6 Å². The number of thiazole rings is 1. The van der Waals surface area contributed by atoms with Gasteiger partial charge in [-0.3, -0.25) is 0 Å². The zero-order valence-corrected chi connectivity index (χ0v) is 15.9. The lowest BCUT2D eigenvalue weighted by Gasteiger charge is -2.14. The summed E-state index contributed by atoms with van der Waals surface area (Å²) in [5.74, 6) is 1.20. The molecule has 9 heteroatoms. The van der Waals surface area contributed by atoms with Gasteiger partial charge in [-0.25, -0.2) is 12.9 Å². The molecule has 0 spiro atoms. The summed E-state index contributed by atoms with van der Waals surface area (Å²) in [6.45, 7) is 0.423. The summed E-state index contributed by atoms with van der Waals surface area (Å²) in [5, 5.41) is 6.16. The van der Waals surface area contributed by atoms with Gasteiger partial charge < -0.3 is 14.2 Å². The van der Waals surface area contributed by atoms with Crippen molar-refractivity contribution in [2.24, 2.45) is 0 Å². The van der Waals surface area contributed by atoms with E-state index >= 15 is 0 Å². The Hall–Kier alpha value is -2.10. The number of hydrogen-bond donors (Lipinski definition) is 0. The van der Waals surface area contributed by atoms with Gasteiger partial charge in [0.05, 0.1) is 32.1 Å². The molecule has 134 valence electrons. The number of ether oxygens (including phenoxy) is 3. The van der Waals surface area contributed by atoms with E-state index in [1.807, 2.05) is 17.5 Å². The molecule has 0 bridgehead atoms. The van der Waals surface area contributed by atoms with Crippen molar-refractivity contribution in [2.75, 3.05) is 27.6 Å². The number of aromatic nitrogens is 2. The minimum absolute atomic E-state index is 0.0366. The largest absolute Gasteiger partial charge is 0.496 e. The van der Waals surface area contributed by atoms with Gasteiger partial charge >= 0.3 is 0 Å². The molecule has 0 saturated heterocycles. The van der Waals surface area contributed by atoms with Gasteiger partial charge in [0.25, 0.3) is 0 Å². The fourth-order valence-electron chi connectivity index (χ4n) is 2.58. The lowest BCUT2D eigenvalue weighted by atomic mass is 10.1. The van der Waals surface area contributed by atoms with E-state index in [1.165, 1.54) is 11.3 Å². The van der Waals surface area contributed by atoms with E-state index in [1.54, 1.807) is 31.9 Å². The number of hydrogen-bond acceptors (Lipinski definition) is 7. The Balaban J connectivity index is 2.25. The predicted octanol–water partition coefficient (Wildman–Crippen LogP) is 2.63. The Labute approximate surface area is 149 Å². The van der Waals surface area contributed by atoms with Crippen LogP contribution in [0.4, 0.5) is 0 Å². The van der Waals surface area contributed by atoms with Crippen molar-refractivity contribution in [3.63, 3.8) is 0 Å². The number of rotatable bonds is 6. The van der Waals surface area contributed by atoms with Gasteiger partial charge in [-0.05, 0) is 17.7 Å². The second-order valence-electron chi connectivity index (χ2n) is 5.43. The smallest absolute Gasteiger partial charge is 0.194 e. The number of nitrogens with zero attached hydrogens (tertiary/aromatic N) is 2.